The number of ether oxygens (including phenoxy) is 1. The molecule has 1 unspecified atom stereocenters. The van der Waals surface area contributed by atoms with Gasteiger partial charge in [0, 0.05) is 6.20 Å². The SMILES string of the molecule is CCC(C(=O)Nc1cnn(Cc2cccc(OC)c2)c1)n1cc([N+](=O)[O-])cn1. The number of rotatable bonds is 8. The highest BCUT2D eigenvalue weighted by atomic mass is 16.6. The van der Waals surface area contributed by atoms with E-state index in [9.17, 15) is 14.9 Å². The lowest BCUT2D eigenvalue weighted by molar-refractivity contribution is -0.385. The van der Waals surface area contributed by atoms with Gasteiger partial charge in [-0.3, -0.25) is 24.3 Å². The summed E-state index contributed by atoms with van der Waals surface area (Å²) in [7, 11) is 1.61. The lowest BCUT2D eigenvalue weighted by atomic mass is 10.2. The van der Waals surface area contributed by atoms with E-state index in [2.05, 4.69) is 15.5 Å². The third-order valence-electron chi connectivity index (χ3n) is 4.19. The Morgan fingerprint density at radius 3 is 2.82 bits per heavy atom. The summed E-state index contributed by atoms with van der Waals surface area (Å²) in [4.78, 5) is 22.8. The molecule has 0 fully saturated rings. The van der Waals surface area contributed by atoms with Gasteiger partial charge in [0.25, 0.3) is 0 Å². The standard InChI is InChI=1S/C18H20N6O4/c1-3-17(23-12-15(9-20-23)24(26)27)18(25)21-14-8-19-22(11-14)10-13-5-4-6-16(7-13)28-2/h4-9,11-12,17H,3,10H2,1-2H3,(H,21,25). The monoisotopic (exact) mass is 384 g/mol. The first-order chi connectivity index (χ1) is 13.5. The molecular formula is C18H20N6O4. The van der Waals surface area contributed by atoms with Gasteiger partial charge < -0.3 is 10.1 Å². The average Bonchev–Trinajstić information content (AvgIpc) is 3.32. The molecule has 1 aromatic carbocycles. The van der Waals surface area contributed by atoms with Crippen LogP contribution in [-0.4, -0.2) is 37.5 Å². The van der Waals surface area contributed by atoms with Crippen LogP contribution in [0, 0.1) is 10.1 Å². The van der Waals surface area contributed by atoms with Gasteiger partial charge >= 0.3 is 5.69 Å². The Kier molecular flexibility index (Phi) is 5.68. The van der Waals surface area contributed by atoms with E-state index in [-0.39, 0.29) is 11.6 Å². The lowest BCUT2D eigenvalue weighted by Crippen LogP contribution is -2.25. The number of methoxy groups -OCH3 is 1. The second-order valence-electron chi connectivity index (χ2n) is 6.13. The number of carbonyl (C=O) groups is 1. The van der Waals surface area contributed by atoms with Crippen molar-refractivity contribution in [2.75, 3.05) is 12.4 Å². The van der Waals surface area contributed by atoms with Gasteiger partial charge in [-0.1, -0.05) is 19.1 Å². The van der Waals surface area contributed by atoms with Crippen molar-refractivity contribution in [1.29, 1.82) is 0 Å². The molecule has 10 nitrogen and oxygen atoms in total. The van der Waals surface area contributed by atoms with Gasteiger partial charge in [0.15, 0.2) is 0 Å². The quantitative estimate of drug-likeness (QED) is 0.471. The number of benzene rings is 1. The number of carbonyl (C=O) groups excluding carboxylic acids is 1. The van der Waals surface area contributed by atoms with Gasteiger partial charge in [-0.25, -0.2) is 0 Å². The van der Waals surface area contributed by atoms with Crippen LogP contribution in [0.2, 0.25) is 0 Å². The minimum absolute atomic E-state index is 0.155. The molecule has 0 bridgehead atoms. The van der Waals surface area contributed by atoms with Crippen LogP contribution in [-0.2, 0) is 11.3 Å². The molecule has 2 heterocycles. The smallest absolute Gasteiger partial charge is 0.307 e. The van der Waals surface area contributed by atoms with Crippen molar-refractivity contribution >= 4 is 17.3 Å². The van der Waals surface area contributed by atoms with Crippen molar-refractivity contribution in [2.45, 2.75) is 25.9 Å². The van der Waals surface area contributed by atoms with Gasteiger partial charge in [0.2, 0.25) is 5.91 Å². The first-order valence-electron chi connectivity index (χ1n) is 8.65. The zero-order valence-corrected chi connectivity index (χ0v) is 15.5. The van der Waals surface area contributed by atoms with Crippen LogP contribution in [0.1, 0.15) is 24.9 Å². The zero-order valence-electron chi connectivity index (χ0n) is 15.5. The fraction of sp³-hybridized carbons (Fsp3) is 0.278. The summed E-state index contributed by atoms with van der Waals surface area (Å²) in [5.74, 6) is 0.443. The maximum Gasteiger partial charge on any atom is 0.307 e. The molecule has 0 aliphatic heterocycles. The molecule has 0 aliphatic rings. The molecule has 28 heavy (non-hydrogen) atoms. The van der Waals surface area contributed by atoms with Gasteiger partial charge in [0.1, 0.15) is 24.2 Å². The predicted octanol–water partition coefficient (Wildman–Crippen LogP) is 2.63. The van der Waals surface area contributed by atoms with Gasteiger partial charge in [-0.2, -0.15) is 10.2 Å². The Bertz CT molecular complexity index is 980. The second kappa shape index (κ2) is 8.33. The minimum Gasteiger partial charge on any atom is -0.497 e. The summed E-state index contributed by atoms with van der Waals surface area (Å²) in [6.45, 7) is 2.33. The molecule has 10 heteroatoms. The first kappa shape index (κ1) is 19.1. The summed E-state index contributed by atoms with van der Waals surface area (Å²) in [6.07, 6.45) is 6.08. The van der Waals surface area contributed by atoms with E-state index >= 15 is 0 Å². The van der Waals surface area contributed by atoms with E-state index in [1.54, 1.807) is 24.2 Å². The maximum absolute atomic E-state index is 12.6. The summed E-state index contributed by atoms with van der Waals surface area (Å²) in [5.41, 5.74) is 1.39. The summed E-state index contributed by atoms with van der Waals surface area (Å²) in [6, 6.07) is 6.98. The molecule has 0 spiro atoms. The van der Waals surface area contributed by atoms with Crippen LogP contribution in [0.15, 0.2) is 49.1 Å². The van der Waals surface area contributed by atoms with Crippen LogP contribution in [0.3, 0.4) is 0 Å². The van der Waals surface area contributed by atoms with E-state index in [1.807, 2.05) is 31.2 Å². The maximum atomic E-state index is 12.6. The second-order valence-corrected chi connectivity index (χ2v) is 6.13. The van der Waals surface area contributed by atoms with Crippen LogP contribution < -0.4 is 10.1 Å². The molecule has 1 N–H and O–H groups in total. The van der Waals surface area contributed by atoms with Crippen LogP contribution >= 0.6 is 0 Å². The summed E-state index contributed by atoms with van der Waals surface area (Å²) in [5, 5.41) is 21.8. The number of nitro groups is 1. The Morgan fingerprint density at radius 1 is 1.32 bits per heavy atom. The molecule has 146 valence electrons. The van der Waals surface area contributed by atoms with E-state index in [4.69, 9.17) is 4.74 Å². The number of hydrogen-bond acceptors (Lipinski definition) is 6. The molecule has 3 rings (SSSR count). The largest absolute Gasteiger partial charge is 0.497 e. The third kappa shape index (κ3) is 4.34. The van der Waals surface area contributed by atoms with Gasteiger partial charge in [-0.15, -0.1) is 0 Å². The number of aromatic nitrogens is 4. The fourth-order valence-corrected chi connectivity index (χ4v) is 2.78. The summed E-state index contributed by atoms with van der Waals surface area (Å²) < 4.78 is 8.21. The molecule has 1 atom stereocenters. The highest BCUT2D eigenvalue weighted by molar-refractivity contribution is 5.93. The van der Waals surface area contributed by atoms with Crippen LogP contribution in [0.5, 0.6) is 5.75 Å². The first-order valence-corrected chi connectivity index (χ1v) is 8.65. The zero-order chi connectivity index (χ0) is 20.1. The predicted molar refractivity (Wildman–Crippen MR) is 101 cm³/mol. The number of hydrogen-bond donors (Lipinski definition) is 1. The Balaban J connectivity index is 1.67. The molecule has 2 aromatic heterocycles. The van der Waals surface area contributed by atoms with E-state index in [0.717, 1.165) is 17.5 Å². The molecule has 1 amide bonds. The van der Waals surface area contributed by atoms with E-state index in [1.165, 1.54) is 10.9 Å². The number of nitrogens with zero attached hydrogens (tertiary/aromatic N) is 5. The van der Waals surface area contributed by atoms with Crippen molar-refractivity contribution in [1.82, 2.24) is 19.6 Å². The molecule has 3 aromatic rings. The van der Waals surface area contributed by atoms with Crippen molar-refractivity contribution in [3.05, 3.63) is 64.7 Å². The molecule has 0 saturated heterocycles. The average molecular weight is 384 g/mol. The third-order valence-corrected chi connectivity index (χ3v) is 4.19. The molecule has 0 saturated carbocycles. The normalized spacial score (nSPS) is 11.8. The lowest BCUT2D eigenvalue weighted by Gasteiger charge is -2.14. The Hall–Kier alpha value is -3.69. The van der Waals surface area contributed by atoms with E-state index < -0.39 is 11.0 Å². The van der Waals surface area contributed by atoms with Gasteiger partial charge in [0.05, 0.1) is 30.5 Å². The molecule has 0 radical (unpaired) electrons. The number of nitrogens with one attached hydrogen (secondary N) is 1. The van der Waals surface area contributed by atoms with Crippen molar-refractivity contribution in [3.8, 4) is 5.75 Å². The summed E-state index contributed by atoms with van der Waals surface area (Å²) >= 11 is 0. The van der Waals surface area contributed by atoms with Crippen molar-refractivity contribution < 1.29 is 14.5 Å². The highest BCUT2D eigenvalue weighted by Gasteiger charge is 2.22. The van der Waals surface area contributed by atoms with Crippen molar-refractivity contribution in [2.24, 2.45) is 0 Å². The minimum atomic E-state index is -0.657. The van der Waals surface area contributed by atoms with Crippen LogP contribution in [0.4, 0.5) is 11.4 Å². The Morgan fingerprint density at radius 2 is 2.14 bits per heavy atom. The number of anilines is 1. The van der Waals surface area contributed by atoms with Crippen LogP contribution in [0.25, 0.3) is 0 Å². The van der Waals surface area contributed by atoms with Crippen molar-refractivity contribution in [3.63, 3.8) is 0 Å². The fourth-order valence-electron chi connectivity index (χ4n) is 2.78. The Labute approximate surface area is 160 Å². The molecule has 0 aliphatic carbocycles. The number of amides is 1. The van der Waals surface area contributed by atoms with Gasteiger partial charge in [-0.05, 0) is 24.1 Å². The highest BCUT2D eigenvalue weighted by Crippen LogP contribution is 2.19. The molecular weight excluding hydrogens is 364 g/mol. The topological polar surface area (TPSA) is 117 Å². The van der Waals surface area contributed by atoms with E-state index in [0.29, 0.717) is 18.7 Å².